The molecule has 1 N–H and O–H groups in total. The Morgan fingerprint density at radius 3 is 2.36 bits per heavy atom. The predicted octanol–water partition coefficient (Wildman–Crippen LogP) is 1.72. The molecule has 2 nitrogen and oxygen atoms in total. The molecule has 0 radical (unpaired) electrons. The van der Waals surface area contributed by atoms with Crippen LogP contribution < -0.4 is 4.72 Å². The van der Waals surface area contributed by atoms with Gasteiger partial charge in [-0.05, 0) is 33.6 Å². The highest BCUT2D eigenvalue weighted by atomic mass is 32.2. The van der Waals surface area contributed by atoms with Crippen LogP contribution in [-0.4, -0.2) is 8.96 Å². The summed E-state index contributed by atoms with van der Waals surface area (Å²) in [5, 5.41) is 0. The van der Waals surface area contributed by atoms with E-state index in [1.807, 2.05) is 27.0 Å². The lowest BCUT2D eigenvalue weighted by molar-refractivity contribution is 0.644. The van der Waals surface area contributed by atoms with Crippen molar-refractivity contribution in [1.29, 1.82) is 0 Å². The highest BCUT2D eigenvalue weighted by Crippen LogP contribution is 2.26. The SMILES string of the molecule is CC(C)(C)[S@@](=O)NC=C1CC1. The van der Waals surface area contributed by atoms with E-state index < -0.39 is 11.0 Å². The Morgan fingerprint density at radius 2 is 2.00 bits per heavy atom. The van der Waals surface area contributed by atoms with Gasteiger partial charge in [0.15, 0.2) is 0 Å². The van der Waals surface area contributed by atoms with Gasteiger partial charge in [-0.1, -0.05) is 5.57 Å². The minimum absolute atomic E-state index is 0.161. The van der Waals surface area contributed by atoms with Gasteiger partial charge in [-0.2, -0.15) is 0 Å². The molecule has 0 aromatic carbocycles. The van der Waals surface area contributed by atoms with Crippen molar-refractivity contribution >= 4 is 11.0 Å². The first-order valence-electron chi connectivity index (χ1n) is 3.86. The van der Waals surface area contributed by atoms with Gasteiger partial charge < -0.3 is 4.72 Å². The van der Waals surface area contributed by atoms with E-state index in [-0.39, 0.29) is 4.75 Å². The molecule has 3 heteroatoms. The van der Waals surface area contributed by atoms with E-state index in [0.29, 0.717) is 0 Å². The summed E-state index contributed by atoms with van der Waals surface area (Å²) in [5.74, 6) is 0. The fourth-order valence-corrected chi connectivity index (χ4v) is 1.16. The standard InChI is InChI=1S/C8H15NOS/c1-8(2,3)11(10)9-6-7-4-5-7/h6,9H,4-5H2,1-3H3/t11-/m1/s1. The Morgan fingerprint density at radius 1 is 1.45 bits per heavy atom. The Balaban J connectivity index is 2.37. The number of nitrogens with one attached hydrogen (secondary N) is 1. The highest BCUT2D eigenvalue weighted by Gasteiger charge is 2.19. The first-order chi connectivity index (χ1) is 5.00. The van der Waals surface area contributed by atoms with Crippen molar-refractivity contribution in [2.24, 2.45) is 0 Å². The number of rotatable bonds is 2. The van der Waals surface area contributed by atoms with Crippen LogP contribution in [0.4, 0.5) is 0 Å². The molecule has 11 heavy (non-hydrogen) atoms. The Hall–Kier alpha value is -0.310. The van der Waals surface area contributed by atoms with Gasteiger partial charge >= 0.3 is 0 Å². The normalized spacial score (nSPS) is 19.4. The second-order valence-electron chi connectivity index (χ2n) is 3.80. The summed E-state index contributed by atoms with van der Waals surface area (Å²) in [5.41, 5.74) is 1.38. The lowest BCUT2D eigenvalue weighted by atomic mass is 10.3. The fourth-order valence-electron chi connectivity index (χ4n) is 0.530. The first kappa shape index (κ1) is 8.78. The molecule has 0 aliphatic heterocycles. The fraction of sp³-hybridized carbons (Fsp3) is 0.750. The molecule has 1 atom stereocenters. The Labute approximate surface area is 70.7 Å². The third-order valence-corrected chi connectivity index (χ3v) is 2.91. The molecule has 1 aliphatic rings. The second kappa shape index (κ2) is 2.97. The monoisotopic (exact) mass is 173 g/mol. The van der Waals surface area contributed by atoms with Crippen LogP contribution in [0.3, 0.4) is 0 Å². The van der Waals surface area contributed by atoms with Gasteiger partial charge in [0, 0.05) is 6.20 Å². The Bertz CT molecular complexity index is 197. The van der Waals surface area contributed by atoms with Crippen LogP contribution in [-0.2, 0) is 11.0 Å². The van der Waals surface area contributed by atoms with E-state index in [1.54, 1.807) is 0 Å². The Kier molecular flexibility index (Phi) is 2.37. The van der Waals surface area contributed by atoms with Gasteiger partial charge in [-0.3, -0.25) is 0 Å². The quantitative estimate of drug-likeness (QED) is 0.677. The minimum Gasteiger partial charge on any atom is -0.312 e. The van der Waals surface area contributed by atoms with Gasteiger partial charge in [0.2, 0.25) is 0 Å². The zero-order chi connectivity index (χ0) is 8.48. The van der Waals surface area contributed by atoms with Crippen molar-refractivity contribution in [2.45, 2.75) is 38.4 Å². The molecular weight excluding hydrogens is 158 g/mol. The van der Waals surface area contributed by atoms with Crippen LogP contribution in [0.2, 0.25) is 0 Å². The van der Waals surface area contributed by atoms with Crippen molar-refractivity contribution in [3.8, 4) is 0 Å². The van der Waals surface area contributed by atoms with Crippen LogP contribution in [0.15, 0.2) is 11.8 Å². The molecule has 64 valence electrons. The van der Waals surface area contributed by atoms with E-state index in [4.69, 9.17) is 0 Å². The lowest BCUT2D eigenvalue weighted by Gasteiger charge is -2.16. The van der Waals surface area contributed by atoms with Crippen LogP contribution in [0, 0.1) is 0 Å². The van der Waals surface area contributed by atoms with Crippen molar-refractivity contribution < 1.29 is 4.21 Å². The van der Waals surface area contributed by atoms with E-state index >= 15 is 0 Å². The molecular formula is C8H15NOS. The summed E-state index contributed by atoms with van der Waals surface area (Å²) in [7, 11) is -0.944. The largest absolute Gasteiger partial charge is 0.312 e. The van der Waals surface area contributed by atoms with Crippen LogP contribution in [0.1, 0.15) is 33.6 Å². The van der Waals surface area contributed by atoms with Gasteiger partial charge in [-0.25, -0.2) is 4.21 Å². The van der Waals surface area contributed by atoms with E-state index in [2.05, 4.69) is 4.72 Å². The molecule has 1 rings (SSSR count). The molecule has 0 heterocycles. The summed E-state index contributed by atoms with van der Waals surface area (Å²) in [4.78, 5) is 0. The summed E-state index contributed by atoms with van der Waals surface area (Å²) < 4.78 is 14.1. The molecule has 1 aliphatic carbocycles. The van der Waals surface area contributed by atoms with Crippen molar-refractivity contribution in [1.82, 2.24) is 4.72 Å². The van der Waals surface area contributed by atoms with E-state index in [9.17, 15) is 4.21 Å². The zero-order valence-corrected chi connectivity index (χ0v) is 8.12. The summed E-state index contributed by atoms with van der Waals surface area (Å²) in [6.45, 7) is 5.88. The summed E-state index contributed by atoms with van der Waals surface area (Å²) in [6.07, 6.45) is 4.24. The average Bonchev–Trinajstić information content (AvgIpc) is 2.62. The first-order valence-corrected chi connectivity index (χ1v) is 5.01. The van der Waals surface area contributed by atoms with Crippen LogP contribution in [0.25, 0.3) is 0 Å². The molecule has 0 bridgehead atoms. The number of allylic oxidation sites excluding steroid dienone is 1. The molecule has 0 amide bonds. The maximum absolute atomic E-state index is 11.4. The third-order valence-electron chi connectivity index (χ3n) is 1.46. The van der Waals surface area contributed by atoms with E-state index in [1.165, 1.54) is 18.4 Å². The maximum atomic E-state index is 11.4. The van der Waals surface area contributed by atoms with Crippen LogP contribution >= 0.6 is 0 Å². The topological polar surface area (TPSA) is 29.1 Å². The average molecular weight is 173 g/mol. The number of hydrogen-bond acceptors (Lipinski definition) is 1. The molecule has 0 aromatic rings. The van der Waals surface area contributed by atoms with Gasteiger partial charge in [0.25, 0.3) is 0 Å². The summed E-state index contributed by atoms with van der Waals surface area (Å²) >= 11 is 0. The lowest BCUT2D eigenvalue weighted by Crippen LogP contribution is -2.30. The summed E-state index contributed by atoms with van der Waals surface area (Å²) in [6, 6.07) is 0. The smallest absolute Gasteiger partial charge is 0.122 e. The molecule has 1 saturated carbocycles. The van der Waals surface area contributed by atoms with E-state index in [0.717, 1.165) is 0 Å². The van der Waals surface area contributed by atoms with Gasteiger partial charge in [-0.15, -0.1) is 0 Å². The maximum Gasteiger partial charge on any atom is 0.122 e. The minimum atomic E-state index is -0.944. The highest BCUT2D eigenvalue weighted by molar-refractivity contribution is 7.84. The van der Waals surface area contributed by atoms with Crippen LogP contribution in [0.5, 0.6) is 0 Å². The van der Waals surface area contributed by atoms with Gasteiger partial charge in [0.05, 0.1) is 4.75 Å². The van der Waals surface area contributed by atoms with Crippen molar-refractivity contribution in [2.75, 3.05) is 0 Å². The number of hydrogen-bond donors (Lipinski definition) is 1. The predicted molar refractivity (Wildman–Crippen MR) is 48.3 cm³/mol. The third kappa shape index (κ3) is 3.06. The molecule has 1 fully saturated rings. The molecule has 0 saturated heterocycles. The van der Waals surface area contributed by atoms with Crippen molar-refractivity contribution in [3.05, 3.63) is 11.8 Å². The molecule has 0 aromatic heterocycles. The molecule has 0 spiro atoms. The van der Waals surface area contributed by atoms with Gasteiger partial charge in [0.1, 0.15) is 11.0 Å². The second-order valence-corrected chi connectivity index (χ2v) is 5.80. The molecule has 0 unspecified atom stereocenters. The van der Waals surface area contributed by atoms with Crippen molar-refractivity contribution in [3.63, 3.8) is 0 Å². The zero-order valence-electron chi connectivity index (χ0n) is 7.31.